The molecule has 2 aliphatic carbocycles. The van der Waals surface area contributed by atoms with Crippen molar-refractivity contribution in [2.24, 2.45) is 23.7 Å². The maximum Gasteiger partial charge on any atom is 0.573 e. The molecule has 36 heavy (non-hydrogen) atoms. The molecule has 0 radical (unpaired) electrons. The summed E-state index contributed by atoms with van der Waals surface area (Å²) < 4.78 is 41.0. The van der Waals surface area contributed by atoms with Crippen LogP contribution in [0.2, 0.25) is 0 Å². The van der Waals surface area contributed by atoms with E-state index in [1.807, 2.05) is 0 Å². The number of alkyl halides is 3. The first kappa shape index (κ1) is 27.1. The van der Waals surface area contributed by atoms with Gasteiger partial charge in [0.15, 0.2) is 0 Å². The van der Waals surface area contributed by atoms with Gasteiger partial charge in [-0.1, -0.05) is 120 Å². The summed E-state index contributed by atoms with van der Waals surface area (Å²) in [7, 11) is 0. The number of benzene rings is 2. The molecule has 2 aliphatic rings. The van der Waals surface area contributed by atoms with Gasteiger partial charge in [0.05, 0.1) is 0 Å². The van der Waals surface area contributed by atoms with E-state index in [0.29, 0.717) is 0 Å². The molecule has 0 atom stereocenters. The Labute approximate surface area is 215 Å². The number of aryl methyl sites for hydroxylation is 1. The average molecular weight is 501 g/mol. The van der Waals surface area contributed by atoms with Crippen LogP contribution < -0.4 is 4.74 Å². The van der Waals surface area contributed by atoms with E-state index in [0.717, 1.165) is 41.2 Å². The molecule has 1 nitrogen and oxygen atoms in total. The van der Waals surface area contributed by atoms with Crippen molar-refractivity contribution in [1.29, 1.82) is 0 Å². The molecular weight excluding hydrogens is 457 g/mol. The van der Waals surface area contributed by atoms with Crippen molar-refractivity contribution in [2.75, 3.05) is 0 Å². The molecule has 0 saturated heterocycles. The fraction of sp³-hybridized carbons (Fsp3) is 0.625. The molecule has 0 spiro atoms. The zero-order chi connectivity index (χ0) is 25.4. The van der Waals surface area contributed by atoms with Gasteiger partial charge in [-0.15, -0.1) is 13.2 Å². The third-order valence-corrected chi connectivity index (χ3v) is 8.79. The third-order valence-electron chi connectivity index (χ3n) is 8.79. The van der Waals surface area contributed by atoms with Crippen molar-refractivity contribution in [3.05, 3.63) is 54.1 Å². The van der Waals surface area contributed by atoms with Gasteiger partial charge in [-0.2, -0.15) is 0 Å². The van der Waals surface area contributed by atoms with Crippen molar-refractivity contribution in [3.63, 3.8) is 0 Å². The Balaban J connectivity index is 1.11. The largest absolute Gasteiger partial charge is 0.573 e. The first-order chi connectivity index (χ1) is 17.3. The normalized spacial score (nSPS) is 25.0. The zero-order valence-electron chi connectivity index (χ0n) is 21.9. The predicted octanol–water partition coefficient (Wildman–Crippen LogP) is 10.4. The Morgan fingerprint density at radius 1 is 0.639 bits per heavy atom. The van der Waals surface area contributed by atoms with E-state index in [1.54, 1.807) is 12.1 Å². The first-order valence-corrected chi connectivity index (χ1v) is 14.3. The third kappa shape index (κ3) is 8.85. The Kier molecular flexibility index (Phi) is 9.79. The molecule has 4 rings (SSSR count). The topological polar surface area (TPSA) is 9.23 Å². The van der Waals surface area contributed by atoms with Crippen LogP contribution in [0.5, 0.6) is 5.75 Å². The molecule has 0 bridgehead atoms. The standard InChI is InChI=1S/C32H43F3O/c1-24-6-8-25(9-7-24)4-2-3-5-26-10-12-27(13-11-26)14-15-28-16-18-29(19-17-28)30-20-22-31(23-21-30)36-32(33,34)35/h16-27H,2-15H2,1H3. The van der Waals surface area contributed by atoms with Gasteiger partial charge in [-0.25, -0.2) is 0 Å². The number of rotatable bonds is 10. The van der Waals surface area contributed by atoms with Crippen LogP contribution in [-0.4, -0.2) is 6.36 Å². The van der Waals surface area contributed by atoms with Gasteiger partial charge < -0.3 is 4.74 Å². The van der Waals surface area contributed by atoms with Crippen LogP contribution in [0.15, 0.2) is 48.5 Å². The molecule has 2 saturated carbocycles. The lowest BCUT2D eigenvalue weighted by Gasteiger charge is -2.29. The summed E-state index contributed by atoms with van der Waals surface area (Å²) in [5, 5.41) is 0. The number of halogens is 3. The molecule has 0 amide bonds. The van der Waals surface area contributed by atoms with Gasteiger partial charge in [0, 0.05) is 0 Å². The van der Waals surface area contributed by atoms with E-state index >= 15 is 0 Å². The summed E-state index contributed by atoms with van der Waals surface area (Å²) in [6.07, 6.45) is 15.0. The molecule has 2 fully saturated rings. The second kappa shape index (κ2) is 13.0. The van der Waals surface area contributed by atoms with Gasteiger partial charge in [0.2, 0.25) is 0 Å². The van der Waals surface area contributed by atoms with Gasteiger partial charge in [-0.3, -0.25) is 0 Å². The van der Waals surface area contributed by atoms with E-state index in [4.69, 9.17) is 0 Å². The summed E-state index contributed by atoms with van der Waals surface area (Å²) >= 11 is 0. The van der Waals surface area contributed by atoms with Gasteiger partial charge in [0.25, 0.3) is 0 Å². The average Bonchev–Trinajstić information content (AvgIpc) is 2.87. The molecule has 0 heterocycles. The highest BCUT2D eigenvalue weighted by Gasteiger charge is 2.31. The van der Waals surface area contributed by atoms with E-state index in [2.05, 4.69) is 35.9 Å². The lowest BCUT2D eigenvalue weighted by molar-refractivity contribution is -0.274. The van der Waals surface area contributed by atoms with Crippen molar-refractivity contribution >= 4 is 0 Å². The highest BCUT2D eigenvalue weighted by Crippen LogP contribution is 2.36. The minimum Gasteiger partial charge on any atom is -0.406 e. The fourth-order valence-corrected chi connectivity index (χ4v) is 6.38. The predicted molar refractivity (Wildman–Crippen MR) is 142 cm³/mol. The zero-order valence-corrected chi connectivity index (χ0v) is 21.9. The molecule has 0 aromatic heterocycles. The minimum atomic E-state index is -4.66. The maximum absolute atomic E-state index is 12.3. The van der Waals surface area contributed by atoms with Gasteiger partial charge >= 0.3 is 6.36 Å². The minimum absolute atomic E-state index is 0.188. The van der Waals surface area contributed by atoms with E-state index in [-0.39, 0.29) is 5.75 Å². The summed E-state index contributed by atoms with van der Waals surface area (Å²) in [5.41, 5.74) is 3.24. The summed E-state index contributed by atoms with van der Waals surface area (Å²) in [6.45, 7) is 2.41. The smallest absolute Gasteiger partial charge is 0.406 e. The van der Waals surface area contributed by atoms with E-state index < -0.39 is 6.36 Å². The van der Waals surface area contributed by atoms with Crippen LogP contribution in [0.1, 0.15) is 96.0 Å². The molecule has 2 aromatic rings. The first-order valence-electron chi connectivity index (χ1n) is 14.3. The molecule has 0 aliphatic heterocycles. The quantitative estimate of drug-likeness (QED) is 0.295. The molecular formula is C32H43F3O. The Morgan fingerprint density at radius 2 is 1.08 bits per heavy atom. The monoisotopic (exact) mass is 500 g/mol. The lowest BCUT2D eigenvalue weighted by atomic mass is 9.77. The summed E-state index contributed by atoms with van der Waals surface area (Å²) in [6, 6.07) is 14.5. The molecule has 0 unspecified atom stereocenters. The van der Waals surface area contributed by atoms with Crippen LogP contribution in [0, 0.1) is 23.7 Å². The SMILES string of the molecule is CC1CCC(CCCCC2CCC(CCc3ccc(-c4ccc(OC(F)(F)F)cc4)cc3)CC2)CC1. The fourth-order valence-electron chi connectivity index (χ4n) is 6.38. The lowest BCUT2D eigenvalue weighted by Crippen LogP contribution is -2.16. The van der Waals surface area contributed by atoms with Crippen LogP contribution in [0.4, 0.5) is 13.2 Å². The molecule has 2 aromatic carbocycles. The van der Waals surface area contributed by atoms with Crippen molar-refractivity contribution in [2.45, 2.75) is 103 Å². The van der Waals surface area contributed by atoms with Crippen LogP contribution in [0.3, 0.4) is 0 Å². The molecule has 4 heteroatoms. The molecule has 198 valence electrons. The van der Waals surface area contributed by atoms with E-state index in [1.165, 1.54) is 101 Å². The second-order valence-corrected chi connectivity index (χ2v) is 11.6. The number of unbranched alkanes of at least 4 members (excludes halogenated alkanes) is 1. The number of ether oxygens (including phenoxy) is 1. The number of hydrogen-bond acceptors (Lipinski definition) is 1. The van der Waals surface area contributed by atoms with Crippen molar-refractivity contribution < 1.29 is 17.9 Å². The van der Waals surface area contributed by atoms with Crippen LogP contribution >= 0.6 is 0 Å². The van der Waals surface area contributed by atoms with Crippen LogP contribution in [0.25, 0.3) is 11.1 Å². The van der Waals surface area contributed by atoms with Gasteiger partial charge in [-0.05, 0) is 65.3 Å². The van der Waals surface area contributed by atoms with Crippen molar-refractivity contribution in [1.82, 2.24) is 0 Å². The Bertz CT molecular complexity index is 886. The van der Waals surface area contributed by atoms with E-state index in [9.17, 15) is 13.2 Å². The highest BCUT2D eigenvalue weighted by molar-refractivity contribution is 5.64. The Hall–Kier alpha value is -1.97. The van der Waals surface area contributed by atoms with Crippen LogP contribution in [-0.2, 0) is 6.42 Å². The second-order valence-electron chi connectivity index (χ2n) is 11.6. The highest BCUT2D eigenvalue weighted by atomic mass is 19.4. The van der Waals surface area contributed by atoms with Crippen molar-refractivity contribution in [3.8, 4) is 16.9 Å². The Morgan fingerprint density at radius 3 is 1.58 bits per heavy atom. The summed E-state index contributed by atoms with van der Waals surface area (Å²) in [4.78, 5) is 0. The molecule has 0 N–H and O–H groups in total. The maximum atomic E-state index is 12.3. The number of hydrogen-bond donors (Lipinski definition) is 0. The van der Waals surface area contributed by atoms with Gasteiger partial charge in [0.1, 0.15) is 5.75 Å². The summed E-state index contributed by atoms with van der Waals surface area (Å²) in [5.74, 6) is 3.61.